The van der Waals surface area contributed by atoms with Gasteiger partial charge in [0.15, 0.2) is 0 Å². The minimum absolute atomic E-state index is 0.618. The molecule has 0 aliphatic heterocycles. The van der Waals surface area contributed by atoms with Crippen LogP contribution in [-0.4, -0.2) is 36.8 Å². The van der Waals surface area contributed by atoms with E-state index in [4.69, 9.17) is 9.47 Å². The summed E-state index contributed by atoms with van der Waals surface area (Å²) in [6.45, 7) is 6.20. The number of unbranched alkanes of at least 4 members (excludes halogenated alkanes) is 2. The Balaban J connectivity index is 2.32. The summed E-state index contributed by atoms with van der Waals surface area (Å²) in [6, 6.07) is 1.84. The number of aromatic nitrogens is 2. The Morgan fingerprint density at radius 3 is 2.78 bits per heavy atom. The lowest BCUT2D eigenvalue weighted by molar-refractivity contribution is 0.192. The SMILES string of the molecule is CCOc1cc(C)nc(NCCCCCOC)n1. The van der Waals surface area contributed by atoms with Gasteiger partial charge in [0.05, 0.1) is 6.61 Å². The second-order valence-corrected chi connectivity index (χ2v) is 4.08. The number of nitrogens with zero attached hydrogens (tertiary/aromatic N) is 2. The predicted octanol–water partition coefficient (Wildman–Crippen LogP) is 2.41. The molecule has 5 heteroatoms. The van der Waals surface area contributed by atoms with E-state index < -0.39 is 0 Å². The summed E-state index contributed by atoms with van der Waals surface area (Å²) in [7, 11) is 1.73. The Bertz CT molecular complexity index is 345. The van der Waals surface area contributed by atoms with Crippen molar-refractivity contribution >= 4 is 5.95 Å². The molecule has 0 saturated carbocycles. The third-order valence-electron chi connectivity index (χ3n) is 2.43. The standard InChI is InChI=1S/C13H23N3O2/c1-4-18-12-10-11(2)15-13(16-12)14-8-6-5-7-9-17-3/h10H,4-9H2,1-3H3,(H,14,15,16). The zero-order chi connectivity index (χ0) is 13.2. The van der Waals surface area contributed by atoms with Crippen LogP contribution in [0.3, 0.4) is 0 Å². The van der Waals surface area contributed by atoms with E-state index in [0.717, 1.165) is 38.1 Å². The maximum Gasteiger partial charge on any atom is 0.226 e. The lowest BCUT2D eigenvalue weighted by Crippen LogP contribution is -2.07. The summed E-state index contributed by atoms with van der Waals surface area (Å²) in [5.41, 5.74) is 0.912. The molecule has 0 aliphatic rings. The van der Waals surface area contributed by atoms with Crippen molar-refractivity contribution in [2.24, 2.45) is 0 Å². The fourth-order valence-electron chi connectivity index (χ4n) is 1.59. The molecule has 0 saturated heterocycles. The summed E-state index contributed by atoms with van der Waals surface area (Å²) in [6.07, 6.45) is 3.33. The third kappa shape index (κ3) is 5.82. The van der Waals surface area contributed by atoms with Gasteiger partial charge in [-0.3, -0.25) is 0 Å². The van der Waals surface area contributed by atoms with Crippen LogP contribution in [-0.2, 0) is 4.74 Å². The number of methoxy groups -OCH3 is 1. The van der Waals surface area contributed by atoms with Gasteiger partial charge in [-0.2, -0.15) is 4.98 Å². The smallest absolute Gasteiger partial charge is 0.226 e. The Hall–Kier alpha value is -1.36. The molecule has 102 valence electrons. The second kappa shape index (κ2) is 8.69. The quantitative estimate of drug-likeness (QED) is 0.685. The molecule has 0 spiro atoms. The average Bonchev–Trinajstić information content (AvgIpc) is 2.33. The van der Waals surface area contributed by atoms with E-state index >= 15 is 0 Å². The van der Waals surface area contributed by atoms with Gasteiger partial charge in [0.25, 0.3) is 0 Å². The molecule has 0 bridgehead atoms. The van der Waals surface area contributed by atoms with Crippen LogP contribution in [0.2, 0.25) is 0 Å². The number of hydrogen-bond acceptors (Lipinski definition) is 5. The van der Waals surface area contributed by atoms with Crippen molar-refractivity contribution in [1.29, 1.82) is 0 Å². The molecule has 0 aromatic carbocycles. The van der Waals surface area contributed by atoms with Crippen LogP contribution in [0.4, 0.5) is 5.95 Å². The molecule has 0 amide bonds. The number of anilines is 1. The summed E-state index contributed by atoms with van der Waals surface area (Å²) < 4.78 is 10.4. The highest BCUT2D eigenvalue weighted by atomic mass is 16.5. The third-order valence-corrected chi connectivity index (χ3v) is 2.43. The highest BCUT2D eigenvalue weighted by molar-refractivity contribution is 5.30. The minimum atomic E-state index is 0.618. The number of rotatable bonds is 9. The van der Waals surface area contributed by atoms with Gasteiger partial charge in [0, 0.05) is 32.0 Å². The molecule has 5 nitrogen and oxygen atoms in total. The van der Waals surface area contributed by atoms with Gasteiger partial charge in [0.1, 0.15) is 0 Å². The molecule has 1 aromatic heterocycles. The first-order chi connectivity index (χ1) is 8.76. The summed E-state index contributed by atoms with van der Waals surface area (Å²) in [5, 5.41) is 3.22. The number of aryl methyl sites for hydroxylation is 1. The Labute approximate surface area is 109 Å². The Morgan fingerprint density at radius 1 is 1.22 bits per heavy atom. The fourth-order valence-corrected chi connectivity index (χ4v) is 1.59. The van der Waals surface area contributed by atoms with Crippen LogP contribution >= 0.6 is 0 Å². The number of ether oxygens (including phenoxy) is 2. The van der Waals surface area contributed by atoms with Crippen molar-refractivity contribution in [2.75, 3.05) is 32.2 Å². The van der Waals surface area contributed by atoms with E-state index in [1.807, 2.05) is 19.9 Å². The van der Waals surface area contributed by atoms with Crippen molar-refractivity contribution < 1.29 is 9.47 Å². The van der Waals surface area contributed by atoms with Crippen LogP contribution in [0.25, 0.3) is 0 Å². The molecule has 1 N–H and O–H groups in total. The molecule has 0 fully saturated rings. The maximum atomic E-state index is 5.38. The average molecular weight is 253 g/mol. The van der Waals surface area contributed by atoms with Gasteiger partial charge >= 0.3 is 0 Å². The molecular formula is C13H23N3O2. The lowest BCUT2D eigenvalue weighted by atomic mass is 10.2. The highest BCUT2D eigenvalue weighted by Gasteiger charge is 2.01. The van der Waals surface area contributed by atoms with Crippen molar-refractivity contribution in [3.63, 3.8) is 0 Å². The number of nitrogens with one attached hydrogen (secondary N) is 1. The molecule has 1 aromatic rings. The zero-order valence-corrected chi connectivity index (χ0v) is 11.5. The number of hydrogen-bond donors (Lipinski definition) is 1. The zero-order valence-electron chi connectivity index (χ0n) is 11.5. The summed E-state index contributed by atoms with van der Waals surface area (Å²) in [5.74, 6) is 1.28. The monoisotopic (exact) mass is 253 g/mol. The van der Waals surface area contributed by atoms with E-state index in [-0.39, 0.29) is 0 Å². The maximum absolute atomic E-state index is 5.38. The first-order valence-electron chi connectivity index (χ1n) is 6.47. The van der Waals surface area contributed by atoms with E-state index in [1.165, 1.54) is 0 Å². The Morgan fingerprint density at radius 2 is 2.06 bits per heavy atom. The normalized spacial score (nSPS) is 10.4. The van der Waals surface area contributed by atoms with Crippen LogP contribution in [0.1, 0.15) is 31.9 Å². The molecule has 0 atom stereocenters. The van der Waals surface area contributed by atoms with E-state index in [2.05, 4.69) is 15.3 Å². The van der Waals surface area contributed by atoms with Crippen molar-refractivity contribution in [1.82, 2.24) is 9.97 Å². The fraction of sp³-hybridized carbons (Fsp3) is 0.692. The topological polar surface area (TPSA) is 56.3 Å². The van der Waals surface area contributed by atoms with E-state index in [9.17, 15) is 0 Å². The van der Waals surface area contributed by atoms with Crippen LogP contribution in [0.15, 0.2) is 6.07 Å². The first-order valence-corrected chi connectivity index (χ1v) is 6.47. The minimum Gasteiger partial charge on any atom is -0.478 e. The molecule has 1 heterocycles. The highest BCUT2D eigenvalue weighted by Crippen LogP contribution is 2.11. The van der Waals surface area contributed by atoms with Crippen molar-refractivity contribution in [2.45, 2.75) is 33.1 Å². The summed E-state index contributed by atoms with van der Waals surface area (Å²) in [4.78, 5) is 8.61. The lowest BCUT2D eigenvalue weighted by Gasteiger charge is -2.08. The van der Waals surface area contributed by atoms with Gasteiger partial charge < -0.3 is 14.8 Å². The van der Waals surface area contributed by atoms with E-state index in [0.29, 0.717) is 18.4 Å². The van der Waals surface area contributed by atoms with Crippen molar-refractivity contribution in [3.8, 4) is 5.88 Å². The molecule has 1 rings (SSSR count). The molecular weight excluding hydrogens is 230 g/mol. The van der Waals surface area contributed by atoms with Crippen LogP contribution in [0, 0.1) is 6.92 Å². The van der Waals surface area contributed by atoms with Crippen LogP contribution in [0.5, 0.6) is 5.88 Å². The predicted molar refractivity (Wildman–Crippen MR) is 72.2 cm³/mol. The van der Waals surface area contributed by atoms with Gasteiger partial charge in [-0.15, -0.1) is 0 Å². The van der Waals surface area contributed by atoms with Crippen LogP contribution < -0.4 is 10.1 Å². The second-order valence-electron chi connectivity index (χ2n) is 4.08. The molecule has 0 aliphatic carbocycles. The molecule has 0 radical (unpaired) electrons. The van der Waals surface area contributed by atoms with E-state index in [1.54, 1.807) is 7.11 Å². The molecule has 0 unspecified atom stereocenters. The van der Waals surface area contributed by atoms with Gasteiger partial charge in [-0.1, -0.05) is 0 Å². The molecule has 18 heavy (non-hydrogen) atoms. The van der Waals surface area contributed by atoms with Gasteiger partial charge in [-0.05, 0) is 33.1 Å². The Kier molecular flexibility index (Phi) is 7.10. The van der Waals surface area contributed by atoms with Gasteiger partial charge in [-0.25, -0.2) is 4.98 Å². The first kappa shape index (κ1) is 14.7. The largest absolute Gasteiger partial charge is 0.478 e. The van der Waals surface area contributed by atoms with Gasteiger partial charge in [0.2, 0.25) is 11.8 Å². The van der Waals surface area contributed by atoms with Crippen molar-refractivity contribution in [3.05, 3.63) is 11.8 Å². The summed E-state index contributed by atoms with van der Waals surface area (Å²) >= 11 is 0.